The molecule has 0 aromatic carbocycles. The van der Waals surface area contributed by atoms with Gasteiger partial charge in [0, 0.05) is 25.8 Å². The van der Waals surface area contributed by atoms with Crippen LogP contribution in [-0.2, 0) is 13.1 Å². The quantitative estimate of drug-likeness (QED) is 0.736. The van der Waals surface area contributed by atoms with Crippen LogP contribution >= 0.6 is 15.9 Å². The first-order valence-corrected chi connectivity index (χ1v) is 7.44. The zero-order valence-corrected chi connectivity index (χ0v) is 13.7. The first-order chi connectivity index (χ1) is 10.0. The average Bonchev–Trinajstić information content (AvgIpc) is 3.03. The molecule has 0 fully saturated rings. The number of carbonyl (C=O) groups is 1. The Bertz CT molecular complexity index is 618. The molecule has 0 atom stereocenters. The van der Waals surface area contributed by atoms with Crippen molar-refractivity contribution in [1.82, 2.24) is 24.2 Å². The Morgan fingerprint density at radius 2 is 2.19 bits per heavy atom. The third-order valence-electron chi connectivity index (χ3n) is 3.02. The average molecular weight is 355 g/mol. The van der Waals surface area contributed by atoms with Gasteiger partial charge in [-0.2, -0.15) is 5.10 Å². The van der Waals surface area contributed by atoms with Gasteiger partial charge in [0.2, 0.25) is 5.78 Å². The Balaban J connectivity index is 2.23. The number of hydrogen-bond donors (Lipinski definition) is 1. The van der Waals surface area contributed by atoms with Gasteiger partial charge in [0.25, 0.3) is 0 Å². The summed E-state index contributed by atoms with van der Waals surface area (Å²) in [5.41, 5.74) is 6.42. The van der Waals surface area contributed by atoms with Crippen LogP contribution in [0.3, 0.4) is 0 Å². The van der Waals surface area contributed by atoms with E-state index in [1.165, 1.54) is 0 Å². The molecule has 2 aromatic rings. The maximum Gasteiger partial charge on any atom is 0.232 e. The molecule has 7 nitrogen and oxygen atoms in total. The number of rotatable bonds is 7. The van der Waals surface area contributed by atoms with Crippen molar-refractivity contribution >= 4 is 21.7 Å². The molecule has 2 heterocycles. The molecular formula is C13H19BrN6O. The van der Waals surface area contributed by atoms with E-state index in [4.69, 9.17) is 5.73 Å². The fraction of sp³-hybridized carbons (Fsp3) is 0.462. The van der Waals surface area contributed by atoms with Gasteiger partial charge in [-0.3, -0.25) is 9.48 Å². The van der Waals surface area contributed by atoms with Gasteiger partial charge in [-0.15, -0.1) is 0 Å². The van der Waals surface area contributed by atoms with Crippen molar-refractivity contribution in [2.75, 3.05) is 27.2 Å². The second-order valence-corrected chi connectivity index (χ2v) is 5.84. The van der Waals surface area contributed by atoms with E-state index in [2.05, 4.69) is 26.0 Å². The van der Waals surface area contributed by atoms with Crippen molar-refractivity contribution < 1.29 is 4.79 Å². The number of ketones is 1. The monoisotopic (exact) mass is 354 g/mol. The van der Waals surface area contributed by atoms with Crippen LogP contribution in [0.25, 0.3) is 0 Å². The van der Waals surface area contributed by atoms with Crippen LogP contribution < -0.4 is 5.73 Å². The number of hydrogen-bond acceptors (Lipinski definition) is 5. The molecule has 0 unspecified atom stereocenters. The van der Waals surface area contributed by atoms with Crippen LogP contribution in [0.15, 0.2) is 23.2 Å². The predicted molar refractivity (Wildman–Crippen MR) is 83.2 cm³/mol. The second-order valence-electron chi connectivity index (χ2n) is 4.98. The summed E-state index contributed by atoms with van der Waals surface area (Å²) in [6.07, 6.45) is 4.97. The summed E-state index contributed by atoms with van der Waals surface area (Å²) in [6.45, 7) is 2.59. The first-order valence-electron chi connectivity index (χ1n) is 6.65. The second kappa shape index (κ2) is 6.97. The molecule has 0 aliphatic carbocycles. The zero-order chi connectivity index (χ0) is 15.4. The summed E-state index contributed by atoms with van der Waals surface area (Å²) in [6, 6.07) is 0. The number of nitrogens with two attached hydrogens (primary N) is 1. The topological polar surface area (TPSA) is 82.0 Å². The van der Waals surface area contributed by atoms with Crippen LogP contribution in [-0.4, -0.2) is 57.2 Å². The lowest BCUT2D eigenvalue weighted by Gasteiger charge is -2.11. The molecular weight excluding hydrogens is 336 g/mol. The van der Waals surface area contributed by atoms with Crippen LogP contribution in [0.1, 0.15) is 16.2 Å². The Labute approximate surface area is 131 Å². The molecule has 8 heteroatoms. The molecule has 0 spiro atoms. The Kier molecular flexibility index (Phi) is 5.27. The third kappa shape index (κ3) is 3.78. The zero-order valence-electron chi connectivity index (χ0n) is 12.2. The molecule has 2 aromatic heterocycles. The number of aromatic nitrogens is 4. The molecule has 0 saturated heterocycles. The summed E-state index contributed by atoms with van der Waals surface area (Å²) in [4.78, 5) is 18.8. The third-order valence-corrected chi connectivity index (χ3v) is 3.60. The Morgan fingerprint density at radius 1 is 1.43 bits per heavy atom. The molecule has 21 heavy (non-hydrogen) atoms. The predicted octanol–water partition coefficient (Wildman–Crippen LogP) is 0.593. The molecule has 114 valence electrons. The van der Waals surface area contributed by atoms with Gasteiger partial charge < -0.3 is 15.2 Å². The normalized spacial score (nSPS) is 11.3. The molecule has 0 amide bonds. The van der Waals surface area contributed by atoms with Crippen LogP contribution in [0.5, 0.6) is 0 Å². The van der Waals surface area contributed by atoms with Crippen LogP contribution in [0, 0.1) is 0 Å². The van der Waals surface area contributed by atoms with E-state index in [0.29, 0.717) is 35.5 Å². The lowest BCUT2D eigenvalue weighted by Crippen LogP contribution is -2.22. The maximum atomic E-state index is 12.6. The van der Waals surface area contributed by atoms with E-state index in [0.717, 1.165) is 6.54 Å². The fourth-order valence-corrected chi connectivity index (χ4v) is 2.40. The number of imidazole rings is 1. The summed E-state index contributed by atoms with van der Waals surface area (Å²) < 4.78 is 4.19. The molecule has 0 aliphatic heterocycles. The van der Waals surface area contributed by atoms with Gasteiger partial charge in [0.05, 0.1) is 23.5 Å². The summed E-state index contributed by atoms with van der Waals surface area (Å²) in [5, 5.41) is 4.25. The minimum atomic E-state index is -0.145. The van der Waals surface area contributed by atoms with Gasteiger partial charge in [-0.1, -0.05) is 0 Å². The van der Waals surface area contributed by atoms with Gasteiger partial charge in [0.1, 0.15) is 11.4 Å². The fourth-order valence-electron chi connectivity index (χ4n) is 1.92. The van der Waals surface area contributed by atoms with E-state index in [-0.39, 0.29) is 5.78 Å². The highest BCUT2D eigenvalue weighted by Crippen LogP contribution is 2.19. The van der Waals surface area contributed by atoms with E-state index >= 15 is 0 Å². The summed E-state index contributed by atoms with van der Waals surface area (Å²) >= 11 is 3.39. The highest BCUT2D eigenvalue weighted by atomic mass is 79.9. The minimum absolute atomic E-state index is 0.145. The standard InChI is InChI=1S/C13H19BrN6O/c1-18(2)5-6-20-12(10(14)7-17-20)13(21)11-8-19(4-3-15)9-16-11/h7-9H,3-6,15H2,1-2H3. The summed E-state index contributed by atoms with van der Waals surface area (Å²) in [7, 11) is 3.96. The lowest BCUT2D eigenvalue weighted by atomic mass is 10.2. The van der Waals surface area contributed by atoms with Crippen molar-refractivity contribution in [3.05, 3.63) is 34.6 Å². The van der Waals surface area contributed by atoms with E-state index in [9.17, 15) is 4.79 Å². The molecule has 2 rings (SSSR count). The largest absolute Gasteiger partial charge is 0.335 e. The molecule has 0 radical (unpaired) electrons. The maximum absolute atomic E-state index is 12.6. The van der Waals surface area contributed by atoms with Crippen LogP contribution in [0.4, 0.5) is 0 Å². The summed E-state index contributed by atoms with van der Waals surface area (Å²) in [5.74, 6) is -0.145. The van der Waals surface area contributed by atoms with E-state index in [1.807, 2.05) is 23.6 Å². The van der Waals surface area contributed by atoms with Crippen molar-refractivity contribution in [3.8, 4) is 0 Å². The SMILES string of the molecule is CN(C)CCn1ncc(Br)c1C(=O)c1cn(CCN)cn1. The van der Waals surface area contributed by atoms with Gasteiger partial charge in [-0.25, -0.2) is 4.98 Å². The van der Waals surface area contributed by atoms with Gasteiger partial charge in [-0.05, 0) is 30.0 Å². The van der Waals surface area contributed by atoms with Crippen molar-refractivity contribution in [3.63, 3.8) is 0 Å². The van der Waals surface area contributed by atoms with Gasteiger partial charge in [0.15, 0.2) is 0 Å². The van der Waals surface area contributed by atoms with Crippen molar-refractivity contribution in [2.45, 2.75) is 13.1 Å². The minimum Gasteiger partial charge on any atom is -0.335 e. The smallest absolute Gasteiger partial charge is 0.232 e. The number of likely N-dealkylation sites (N-methyl/N-ethyl adjacent to an activating group) is 1. The number of halogens is 1. The number of carbonyl (C=O) groups excluding carboxylic acids is 1. The molecule has 0 aliphatic rings. The van der Waals surface area contributed by atoms with E-state index in [1.54, 1.807) is 23.4 Å². The number of nitrogens with zero attached hydrogens (tertiary/aromatic N) is 5. The lowest BCUT2D eigenvalue weighted by molar-refractivity contribution is 0.102. The van der Waals surface area contributed by atoms with Gasteiger partial charge >= 0.3 is 0 Å². The highest BCUT2D eigenvalue weighted by molar-refractivity contribution is 9.10. The van der Waals surface area contributed by atoms with E-state index < -0.39 is 0 Å². The highest BCUT2D eigenvalue weighted by Gasteiger charge is 2.21. The first kappa shape index (κ1) is 15.9. The van der Waals surface area contributed by atoms with Crippen molar-refractivity contribution in [2.24, 2.45) is 5.73 Å². The Hall–Kier alpha value is -1.51. The van der Waals surface area contributed by atoms with Crippen LogP contribution in [0.2, 0.25) is 0 Å². The molecule has 0 bridgehead atoms. The Morgan fingerprint density at radius 3 is 2.86 bits per heavy atom. The van der Waals surface area contributed by atoms with Crippen molar-refractivity contribution in [1.29, 1.82) is 0 Å². The molecule has 0 saturated carbocycles. The molecule has 2 N–H and O–H groups in total.